The van der Waals surface area contributed by atoms with Gasteiger partial charge < -0.3 is 15.5 Å². The van der Waals surface area contributed by atoms with Gasteiger partial charge in [-0.2, -0.15) is 5.10 Å². The minimum atomic E-state index is 0.503. The van der Waals surface area contributed by atoms with Crippen molar-refractivity contribution in [1.29, 1.82) is 0 Å². The minimum absolute atomic E-state index is 0.503. The lowest BCUT2D eigenvalue weighted by molar-refractivity contribution is 0.206. The Hall–Kier alpha value is -2.41. The summed E-state index contributed by atoms with van der Waals surface area (Å²) in [7, 11) is 1.84. The van der Waals surface area contributed by atoms with Crippen LogP contribution in [0.2, 0.25) is 0 Å². The van der Waals surface area contributed by atoms with Crippen LogP contribution in [0.25, 0.3) is 0 Å². The third-order valence-electron chi connectivity index (χ3n) is 4.95. The van der Waals surface area contributed by atoms with Crippen LogP contribution in [-0.4, -0.2) is 58.3 Å². The van der Waals surface area contributed by atoms with Gasteiger partial charge in [0.25, 0.3) is 0 Å². The Labute approximate surface area is 161 Å². The van der Waals surface area contributed by atoms with E-state index in [4.69, 9.17) is 0 Å². The second-order valence-electron chi connectivity index (χ2n) is 7.10. The fourth-order valence-electron chi connectivity index (χ4n) is 3.53. The van der Waals surface area contributed by atoms with E-state index in [0.29, 0.717) is 6.04 Å². The van der Waals surface area contributed by atoms with Crippen LogP contribution in [0, 0.1) is 0 Å². The predicted octanol–water partition coefficient (Wildman–Crippen LogP) is 1.87. The average molecular weight is 370 g/mol. The van der Waals surface area contributed by atoms with Crippen LogP contribution in [0.15, 0.2) is 41.9 Å². The van der Waals surface area contributed by atoms with Gasteiger partial charge in [-0.1, -0.05) is 31.2 Å². The monoisotopic (exact) mass is 369 g/mol. The summed E-state index contributed by atoms with van der Waals surface area (Å²) >= 11 is 0. The molecule has 1 saturated heterocycles. The van der Waals surface area contributed by atoms with Crippen LogP contribution in [0.4, 0.5) is 0 Å². The van der Waals surface area contributed by atoms with Crippen molar-refractivity contribution in [3.63, 3.8) is 0 Å². The van der Waals surface area contributed by atoms with Crippen LogP contribution in [0.3, 0.4) is 0 Å². The van der Waals surface area contributed by atoms with Gasteiger partial charge in [-0.15, -0.1) is 0 Å². The van der Waals surface area contributed by atoms with Gasteiger partial charge in [0.15, 0.2) is 5.96 Å². The molecule has 27 heavy (non-hydrogen) atoms. The summed E-state index contributed by atoms with van der Waals surface area (Å²) < 4.78 is 1.83. The van der Waals surface area contributed by atoms with E-state index < -0.39 is 0 Å². The van der Waals surface area contributed by atoms with Gasteiger partial charge in [0.1, 0.15) is 12.7 Å². The highest BCUT2D eigenvalue weighted by atomic mass is 15.3. The normalized spacial score (nSPS) is 16.4. The Morgan fingerprint density at radius 2 is 2.07 bits per heavy atom. The zero-order valence-corrected chi connectivity index (χ0v) is 16.4. The van der Waals surface area contributed by atoms with Crippen molar-refractivity contribution in [3.05, 3.63) is 48.0 Å². The van der Waals surface area contributed by atoms with Crippen LogP contribution < -0.4 is 10.6 Å². The van der Waals surface area contributed by atoms with Crippen molar-refractivity contribution in [2.75, 3.05) is 26.7 Å². The molecule has 0 unspecified atom stereocenters. The number of hydrogen-bond acceptors (Lipinski definition) is 4. The van der Waals surface area contributed by atoms with E-state index in [2.05, 4.69) is 61.8 Å². The molecule has 7 nitrogen and oxygen atoms in total. The first-order chi connectivity index (χ1) is 13.3. The fraction of sp³-hybridized carbons (Fsp3) is 0.550. The molecule has 7 heteroatoms. The molecule has 0 saturated carbocycles. The number of hydrogen-bond donors (Lipinski definition) is 2. The van der Waals surface area contributed by atoms with E-state index in [-0.39, 0.29) is 0 Å². The molecule has 0 bridgehead atoms. The first-order valence-electron chi connectivity index (χ1n) is 9.86. The standard InChI is InChI=1S/C20H31N7/c1-3-9-26-10-7-19(8-11-26)25-20(21-2)23-13-17-5-4-6-18(12-17)14-27-16-22-15-24-27/h4-6,12,15-16,19H,3,7-11,13-14H2,1-2H3,(H2,21,23,25). The number of benzene rings is 1. The van der Waals surface area contributed by atoms with Gasteiger partial charge >= 0.3 is 0 Å². The number of guanidine groups is 1. The number of likely N-dealkylation sites (tertiary alicyclic amines) is 1. The number of nitrogens with zero attached hydrogens (tertiary/aromatic N) is 5. The molecule has 146 valence electrons. The van der Waals surface area contributed by atoms with Crippen LogP contribution >= 0.6 is 0 Å². The van der Waals surface area contributed by atoms with E-state index >= 15 is 0 Å². The van der Waals surface area contributed by atoms with Crippen molar-refractivity contribution in [1.82, 2.24) is 30.3 Å². The van der Waals surface area contributed by atoms with Crippen LogP contribution in [-0.2, 0) is 13.1 Å². The molecule has 2 heterocycles. The van der Waals surface area contributed by atoms with Gasteiger partial charge in [0.05, 0.1) is 6.54 Å². The average Bonchev–Trinajstić information content (AvgIpc) is 3.20. The molecule has 1 aromatic carbocycles. The largest absolute Gasteiger partial charge is 0.354 e. The summed E-state index contributed by atoms with van der Waals surface area (Å²) in [5, 5.41) is 11.2. The lowest BCUT2D eigenvalue weighted by atomic mass is 10.1. The molecule has 0 spiro atoms. The number of piperidine rings is 1. The van der Waals surface area contributed by atoms with Crippen molar-refractivity contribution in [2.24, 2.45) is 4.99 Å². The number of aromatic nitrogens is 3. The molecule has 2 N–H and O–H groups in total. The molecule has 0 aliphatic carbocycles. The van der Waals surface area contributed by atoms with E-state index in [1.54, 1.807) is 12.7 Å². The third-order valence-corrected chi connectivity index (χ3v) is 4.95. The summed E-state index contributed by atoms with van der Waals surface area (Å²) in [6.45, 7) is 7.29. The first-order valence-corrected chi connectivity index (χ1v) is 9.86. The molecule has 1 fully saturated rings. The lowest BCUT2D eigenvalue weighted by Gasteiger charge is -2.32. The van der Waals surface area contributed by atoms with Crippen molar-refractivity contribution < 1.29 is 0 Å². The topological polar surface area (TPSA) is 70.4 Å². The number of nitrogens with one attached hydrogen (secondary N) is 2. The van der Waals surface area contributed by atoms with Gasteiger partial charge in [-0.05, 0) is 36.9 Å². The molecule has 3 rings (SSSR count). The van der Waals surface area contributed by atoms with Crippen LogP contribution in [0.5, 0.6) is 0 Å². The smallest absolute Gasteiger partial charge is 0.191 e. The highest BCUT2D eigenvalue weighted by molar-refractivity contribution is 5.79. The zero-order chi connectivity index (χ0) is 18.9. The number of rotatable bonds is 7. The Balaban J connectivity index is 1.47. The Morgan fingerprint density at radius 1 is 1.26 bits per heavy atom. The van der Waals surface area contributed by atoms with E-state index in [1.807, 2.05) is 11.7 Å². The van der Waals surface area contributed by atoms with Crippen molar-refractivity contribution in [3.8, 4) is 0 Å². The summed E-state index contributed by atoms with van der Waals surface area (Å²) in [6, 6.07) is 9.04. The van der Waals surface area contributed by atoms with Gasteiger partial charge in [-0.25, -0.2) is 9.67 Å². The molecular formula is C20H31N7. The highest BCUT2D eigenvalue weighted by Crippen LogP contribution is 2.11. The van der Waals surface area contributed by atoms with Gasteiger partial charge in [-0.3, -0.25) is 4.99 Å². The second kappa shape index (κ2) is 10.1. The van der Waals surface area contributed by atoms with E-state index in [0.717, 1.165) is 19.0 Å². The molecule has 0 amide bonds. The van der Waals surface area contributed by atoms with Gasteiger partial charge in [0, 0.05) is 32.7 Å². The number of aliphatic imine (C=N–C) groups is 1. The predicted molar refractivity (Wildman–Crippen MR) is 109 cm³/mol. The lowest BCUT2D eigenvalue weighted by Crippen LogP contribution is -2.48. The summed E-state index contributed by atoms with van der Waals surface area (Å²) in [5.41, 5.74) is 2.44. The summed E-state index contributed by atoms with van der Waals surface area (Å²) in [4.78, 5) is 10.9. The van der Waals surface area contributed by atoms with Gasteiger partial charge in [0.2, 0.25) is 0 Å². The Morgan fingerprint density at radius 3 is 2.78 bits per heavy atom. The van der Waals surface area contributed by atoms with E-state index in [1.165, 1.54) is 50.0 Å². The molecule has 0 atom stereocenters. The quantitative estimate of drug-likeness (QED) is 0.576. The Bertz CT molecular complexity index is 703. The molecule has 2 aromatic rings. The minimum Gasteiger partial charge on any atom is -0.354 e. The van der Waals surface area contributed by atoms with Crippen molar-refractivity contribution >= 4 is 5.96 Å². The third kappa shape index (κ3) is 6.06. The summed E-state index contributed by atoms with van der Waals surface area (Å²) in [6.07, 6.45) is 6.88. The maximum absolute atomic E-state index is 4.39. The Kier molecular flexibility index (Phi) is 7.21. The maximum Gasteiger partial charge on any atom is 0.191 e. The molecule has 1 aliphatic rings. The zero-order valence-electron chi connectivity index (χ0n) is 16.4. The van der Waals surface area contributed by atoms with Crippen molar-refractivity contribution in [2.45, 2.75) is 45.3 Å². The van der Waals surface area contributed by atoms with Crippen LogP contribution in [0.1, 0.15) is 37.3 Å². The highest BCUT2D eigenvalue weighted by Gasteiger charge is 2.19. The fourth-order valence-corrected chi connectivity index (χ4v) is 3.53. The van der Waals surface area contributed by atoms with E-state index in [9.17, 15) is 0 Å². The molecular weight excluding hydrogens is 338 g/mol. The molecule has 0 radical (unpaired) electrons. The maximum atomic E-state index is 4.39. The summed E-state index contributed by atoms with van der Waals surface area (Å²) in [5.74, 6) is 0.880. The molecule has 1 aliphatic heterocycles. The first kappa shape index (κ1) is 19.4. The second-order valence-corrected chi connectivity index (χ2v) is 7.10. The SMILES string of the molecule is CCCN1CCC(NC(=NC)NCc2cccc(Cn3cncn3)c2)CC1. The molecule has 1 aromatic heterocycles.